The van der Waals surface area contributed by atoms with Gasteiger partial charge in [-0.15, -0.1) is 0 Å². The van der Waals surface area contributed by atoms with Crippen molar-refractivity contribution in [1.29, 1.82) is 0 Å². The fraction of sp³-hybridized carbons (Fsp3) is 0.0769. The maximum Gasteiger partial charge on any atom is 0.428 e. The Kier molecular flexibility index (Phi) is 4.65. The molecule has 2 N–H and O–H groups in total. The third-order valence-electron chi connectivity index (χ3n) is 2.46. The molecule has 2 rings (SSSR count). The van der Waals surface area contributed by atoms with Gasteiger partial charge < -0.3 is 14.9 Å². The molecule has 0 unspecified atom stereocenters. The predicted octanol–water partition coefficient (Wildman–Crippen LogP) is 2.18. The van der Waals surface area contributed by atoms with Crippen LogP contribution in [-0.2, 0) is 11.3 Å². The molecule has 0 saturated carbocycles. The monoisotopic (exact) mass is 288 g/mol. The van der Waals surface area contributed by atoms with E-state index in [4.69, 9.17) is 4.74 Å². The van der Waals surface area contributed by atoms with Crippen LogP contribution in [-0.4, -0.2) is 22.2 Å². The average Bonchev–Trinajstić information content (AvgIpc) is 2.95. The Hall–Kier alpha value is -3.16. The maximum atomic E-state index is 11.4. The standard InChI is InChI=1S/C13H12N4O4/c18-13(21-9-10-4-2-1-3-5-10)16-14-8-11-6-7-12(15-11)17(19)20/h1-8,15H,9H2,(H,16,18)/b14-8+. The van der Waals surface area contributed by atoms with E-state index in [0.717, 1.165) is 5.56 Å². The molecule has 1 aromatic carbocycles. The zero-order chi connectivity index (χ0) is 15.1. The summed E-state index contributed by atoms with van der Waals surface area (Å²) in [5.41, 5.74) is 3.41. The van der Waals surface area contributed by atoms with E-state index in [2.05, 4.69) is 15.5 Å². The number of nitro groups is 1. The number of carbonyl (C=O) groups excluding carboxylic acids is 1. The Morgan fingerprint density at radius 3 is 2.76 bits per heavy atom. The zero-order valence-electron chi connectivity index (χ0n) is 10.9. The second-order valence-corrected chi connectivity index (χ2v) is 3.99. The fourth-order valence-corrected chi connectivity index (χ4v) is 1.49. The highest BCUT2D eigenvalue weighted by Crippen LogP contribution is 2.07. The van der Waals surface area contributed by atoms with E-state index in [1.165, 1.54) is 18.3 Å². The van der Waals surface area contributed by atoms with Crippen LogP contribution in [0.4, 0.5) is 10.6 Å². The summed E-state index contributed by atoms with van der Waals surface area (Å²) in [7, 11) is 0. The SMILES string of the molecule is O=C(N/N=C/c1ccc([N+](=O)[O-])[nH]1)OCc1ccccc1. The molecule has 8 heteroatoms. The van der Waals surface area contributed by atoms with Crippen molar-refractivity contribution in [3.63, 3.8) is 0 Å². The van der Waals surface area contributed by atoms with Crippen molar-refractivity contribution in [3.8, 4) is 0 Å². The number of nitrogens with zero attached hydrogens (tertiary/aromatic N) is 2. The van der Waals surface area contributed by atoms with Crippen molar-refractivity contribution in [2.24, 2.45) is 5.10 Å². The van der Waals surface area contributed by atoms with Gasteiger partial charge >= 0.3 is 11.9 Å². The third kappa shape index (κ3) is 4.46. The topological polar surface area (TPSA) is 110 Å². The molecular formula is C13H12N4O4. The van der Waals surface area contributed by atoms with E-state index >= 15 is 0 Å². The van der Waals surface area contributed by atoms with E-state index in [-0.39, 0.29) is 12.4 Å². The summed E-state index contributed by atoms with van der Waals surface area (Å²) >= 11 is 0. The Bertz CT molecular complexity index is 651. The Balaban J connectivity index is 1.77. The molecule has 0 fully saturated rings. The van der Waals surface area contributed by atoms with Gasteiger partial charge in [-0.25, -0.2) is 15.2 Å². The molecule has 1 heterocycles. The van der Waals surface area contributed by atoms with Gasteiger partial charge in [0.1, 0.15) is 12.3 Å². The van der Waals surface area contributed by atoms with Crippen LogP contribution >= 0.6 is 0 Å². The lowest BCUT2D eigenvalue weighted by Gasteiger charge is -2.02. The molecule has 21 heavy (non-hydrogen) atoms. The van der Waals surface area contributed by atoms with Crippen molar-refractivity contribution >= 4 is 18.1 Å². The molecule has 0 spiro atoms. The van der Waals surface area contributed by atoms with Crippen LogP contribution in [0.5, 0.6) is 0 Å². The molecule has 2 aromatic rings. The molecule has 0 radical (unpaired) electrons. The lowest BCUT2D eigenvalue weighted by molar-refractivity contribution is -0.389. The van der Waals surface area contributed by atoms with Gasteiger partial charge in [-0.05, 0) is 16.6 Å². The number of hydrazone groups is 1. The smallest absolute Gasteiger partial charge is 0.428 e. The number of ether oxygens (including phenoxy) is 1. The molecule has 8 nitrogen and oxygen atoms in total. The number of carbonyl (C=O) groups is 1. The number of benzene rings is 1. The van der Waals surface area contributed by atoms with E-state index in [1.807, 2.05) is 30.3 Å². The lowest BCUT2D eigenvalue weighted by Crippen LogP contribution is -2.18. The molecule has 0 bridgehead atoms. The van der Waals surface area contributed by atoms with Crippen LogP contribution in [0.1, 0.15) is 11.3 Å². The van der Waals surface area contributed by atoms with E-state index in [0.29, 0.717) is 5.69 Å². The predicted molar refractivity (Wildman–Crippen MR) is 74.8 cm³/mol. The number of hydrogen-bond donors (Lipinski definition) is 2. The van der Waals surface area contributed by atoms with Crippen LogP contribution in [0, 0.1) is 10.1 Å². The second kappa shape index (κ2) is 6.85. The van der Waals surface area contributed by atoms with Crippen molar-refractivity contribution in [2.75, 3.05) is 0 Å². The number of hydrogen-bond acceptors (Lipinski definition) is 5. The number of rotatable bonds is 5. The quantitative estimate of drug-likeness (QED) is 0.499. The molecule has 1 amide bonds. The largest absolute Gasteiger partial charge is 0.443 e. The first-order valence-corrected chi connectivity index (χ1v) is 5.98. The van der Waals surface area contributed by atoms with Crippen molar-refractivity contribution in [2.45, 2.75) is 6.61 Å². The minimum atomic E-state index is -0.712. The second-order valence-electron chi connectivity index (χ2n) is 3.99. The van der Waals surface area contributed by atoms with Gasteiger partial charge in [0, 0.05) is 6.07 Å². The highest BCUT2D eigenvalue weighted by atomic mass is 16.6. The average molecular weight is 288 g/mol. The summed E-state index contributed by atoms with van der Waals surface area (Å²) < 4.78 is 4.93. The fourth-order valence-electron chi connectivity index (χ4n) is 1.49. The van der Waals surface area contributed by atoms with Gasteiger partial charge in [-0.2, -0.15) is 5.10 Å². The summed E-state index contributed by atoms with van der Waals surface area (Å²) in [5.74, 6) is -0.150. The van der Waals surface area contributed by atoms with Gasteiger partial charge in [0.2, 0.25) is 0 Å². The van der Waals surface area contributed by atoms with Crippen LogP contribution in [0.15, 0.2) is 47.6 Å². The maximum absolute atomic E-state index is 11.4. The highest BCUT2D eigenvalue weighted by molar-refractivity contribution is 5.79. The van der Waals surface area contributed by atoms with Gasteiger partial charge in [0.15, 0.2) is 0 Å². The zero-order valence-corrected chi connectivity index (χ0v) is 10.9. The van der Waals surface area contributed by atoms with Gasteiger partial charge in [0.05, 0.1) is 6.21 Å². The van der Waals surface area contributed by atoms with Gasteiger partial charge in [-0.1, -0.05) is 30.3 Å². The molecule has 1 aromatic heterocycles. The summed E-state index contributed by atoms with van der Waals surface area (Å²) in [6.07, 6.45) is 0.535. The Morgan fingerprint density at radius 1 is 1.33 bits per heavy atom. The molecule has 0 aliphatic carbocycles. The van der Waals surface area contributed by atoms with E-state index in [9.17, 15) is 14.9 Å². The molecule has 0 atom stereocenters. The summed E-state index contributed by atoms with van der Waals surface area (Å²) in [5, 5.41) is 14.1. The van der Waals surface area contributed by atoms with Gasteiger partial charge in [-0.3, -0.25) is 0 Å². The molecule has 0 saturated heterocycles. The first-order chi connectivity index (χ1) is 10.1. The molecule has 0 aliphatic rings. The molecule has 108 valence electrons. The van der Waals surface area contributed by atoms with Crippen LogP contribution in [0.3, 0.4) is 0 Å². The van der Waals surface area contributed by atoms with E-state index < -0.39 is 11.0 Å². The minimum Gasteiger partial charge on any atom is -0.443 e. The molecular weight excluding hydrogens is 276 g/mol. The van der Waals surface area contributed by atoms with Gasteiger partial charge in [0.25, 0.3) is 0 Å². The van der Waals surface area contributed by atoms with Crippen LogP contribution < -0.4 is 5.43 Å². The first kappa shape index (κ1) is 14.3. The molecule has 0 aliphatic heterocycles. The number of aromatic amines is 1. The summed E-state index contributed by atoms with van der Waals surface area (Å²) in [6.45, 7) is 0.135. The Labute approximate surface area is 119 Å². The normalized spacial score (nSPS) is 10.5. The van der Waals surface area contributed by atoms with Crippen molar-refractivity contribution in [3.05, 3.63) is 63.8 Å². The van der Waals surface area contributed by atoms with Crippen LogP contribution in [0.25, 0.3) is 0 Å². The number of H-pyrrole nitrogens is 1. The number of aromatic nitrogens is 1. The van der Waals surface area contributed by atoms with E-state index in [1.54, 1.807) is 0 Å². The first-order valence-electron chi connectivity index (χ1n) is 5.98. The highest BCUT2D eigenvalue weighted by Gasteiger charge is 2.06. The summed E-state index contributed by atoms with van der Waals surface area (Å²) in [4.78, 5) is 23.8. The minimum absolute atomic E-state index is 0.135. The number of amides is 1. The van der Waals surface area contributed by atoms with Crippen molar-refractivity contribution < 1.29 is 14.5 Å². The summed E-state index contributed by atoms with van der Waals surface area (Å²) in [6, 6.07) is 12.0. The third-order valence-corrected chi connectivity index (χ3v) is 2.46. The number of nitrogens with one attached hydrogen (secondary N) is 2. The van der Waals surface area contributed by atoms with Crippen LogP contribution in [0.2, 0.25) is 0 Å². The lowest BCUT2D eigenvalue weighted by atomic mass is 10.2. The van der Waals surface area contributed by atoms with Crippen molar-refractivity contribution in [1.82, 2.24) is 10.4 Å². The Morgan fingerprint density at radius 2 is 2.10 bits per heavy atom.